The van der Waals surface area contributed by atoms with E-state index in [0.717, 1.165) is 11.9 Å². The SMILES string of the molecule is O=S(=O)(O)O.c1ccc(Cc2nc3ccccc3s2)cc1. The second-order valence-corrected chi connectivity index (χ2v) is 6.20. The molecular weight excluding hydrogens is 310 g/mol. The number of thiazole rings is 1. The Kier molecular flexibility index (Phi) is 5.03. The van der Waals surface area contributed by atoms with Crippen LogP contribution in [0, 0.1) is 0 Å². The molecule has 1 aromatic heterocycles. The fourth-order valence-electron chi connectivity index (χ4n) is 1.77. The molecule has 0 spiro atoms. The Hall–Kier alpha value is -1.80. The summed E-state index contributed by atoms with van der Waals surface area (Å²) in [7, 11) is -4.67. The Labute approximate surface area is 126 Å². The molecule has 3 aromatic rings. The minimum absolute atomic E-state index is 0.931. The predicted molar refractivity (Wildman–Crippen MR) is 83.0 cm³/mol. The highest BCUT2D eigenvalue weighted by atomic mass is 32.3. The first-order valence-corrected chi connectivity index (χ1v) is 8.21. The van der Waals surface area contributed by atoms with Crippen LogP contribution in [-0.4, -0.2) is 22.5 Å². The van der Waals surface area contributed by atoms with Crippen LogP contribution >= 0.6 is 11.3 Å². The highest BCUT2D eigenvalue weighted by molar-refractivity contribution is 7.79. The van der Waals surface area contributed by atoms with E-state index < -0.39 is 10.4 Å². The lowest BCUT2D eigenvalue weighted by Crippen LogP contribution is -1.89. The van der Waals surface area contributed by atoms with E-state index in [1.165, 1.54) is 15.3 Å². The van der Waals surface area contributed by atoms with Crippen molar-refractivity contribution in [3.05, 3.63) is 65.2 Å². The molecule has 2 N–H and O–H groups in total. The normalized spacial score (nSPS) is 11.0. The number of fused-ring (bicyclic) bond motifs is 1. The number of para-hydroxylation sites is 1. The predicted octanol–water partition coefficient (Wildman–Crippen LogP) is 3.23. The van der Waals surface area contributed by atoms with Gasteiger partial charge in [0.15, 0.2) is 0 Å². The van der Waals surface area contributed by atoms with Crippen LogP contribution < -0.4 is 0 Å². The van der Waals surface area contributed by atoms with E-state index in [1.807, 2.05) is 12.1 Å². The van der Waals surface area contributed by atoms with Crippen LogP contribution in [0.5, 0.6) is 0 Å². The molecule has 0 amide bonds. The topological polar surface area (TPSA) is 87.5 Å². The Morgan fingerprint density at radius 1 is 0.952 bits per heavy atom. The van der Waals surface area contributed by atoms with Gasteiger partial charge >= 0.3 is 10.4 Å². The number of hydrogen-bond donors (Lipinski definition) is 2. The first-order chi connectivity index (χ1) is 9.92. The van der Waals surface area contributed by atoms with Crippen LogP contribution in [0.15, 0.2) is 54.6 Å². The third-order valence-corrected chi connectivity index (χ3v) is 3.57. The van der Waals surface area contributed by atoms with E-state index in [1.54, 1.807) is 11.3 Å². The lowest BCUT2D eigenvalue weighted by Gasteiger charge is -1.95. The number of aromatic nitrogens is 1. The van der Waals surface area contributed by atoms with Gasteiger partial charge in [-0.2, -0.15) is 8.42 Å². The summed E-state index contributed by atoms with van der Waals surface area (Å²) in [5.41, 5.74) is 2.43. The summed E-state index contributed by atoms with van der Waals surface area (Å²) in [6.45, 7) is 0. The Morgan fingerprint density at radius 2 is 1.52 bits per heavy atom. The zero-order chi connectivity index (χ0) is 15.3. The monoisotopic (exact) mass is 323 g/mol. The summed E-state index contributed by atoms with van der Waals surface area (Å²) in [6.07, 6.45) is 0.931. The van der Waals surface area contributed by atoms with Crippen LogP contribution in [0.25, 0.3) is 10.2 Å². The molecule has 0 aliphatic heterocycles. The lowest BCUT2D eigenvalue weighted by atomic mass is 10.2. The smallest absolute Gasteiger partial charge is 0.264 e. The van der Waals surface area contributed by atoms with Crippen molar-refractivity contribution in [1.82, 2.24) is 4.98 Å². The Bertz CT molecular complexity index is 772. The van der Waals surface area contributed by atoms with Crippen LogP contribution in [-0.2, 0) is 16.8 Å². The van der Waals surface area contributed by atoms with Gasteiger partial charge in [-0.25, -0.2) is 4.98 Å². The van der Waals surface area contributed by atoms with E-state index in [2.05, 4.69) is 47.4 Å². The van der Waals surface area contributed by atoms with Crippen LogP contribution in [0.3, 0.4) is 0 Å². The van der Waals surface area contributed by atoms with E-state index in [4.69, 9.17) is 17.5 Å². The van der Waals surface area contributed by atoms with Gasteiger partial charge in [0.1, 0.15) is 0 Å². The van der Waals surface area contributed by atoms with Crippen LogP contribution in [0.2, 0.25) is 0 Å². The summed E-state index contributed by atoms with van der Waals surface area (Å²) in [5, 5.41) is 1.19. The molecule has 110 valence electrons. The van der Waals surface area contributed by atoms with Gasteiger partial charge in [0.2, 0.25) is 0 Å². The molecule has 7 heteroatoms. The minimum atomic E-state index is -4.67. The molecule has 0 atom stereocenters. The van der Waals surface area contributed by atoms with Gasteiger partial charge in [0, 0.05) is 6.42 Å². The summed E-state index contributed by atoms with van der Waals surface area (Å²) in [5.74, 6) is 0. The maximum atomic E-state index is 8.74. The summed E-state index contributed by atoms with van der Waals surface area (Å²) >= 11 is 1.78. The highest BCUT2D eigenvalue weighted by Crippen LogP contribution is 2.23. The molecule has 21 heavy (non-hydrogen) atoms. The second kappa shape index (κ2) is 6.77. The first-order valence-electron chi connectivity index (χ1n) is 6.00. The quantitative estimate of drug-likeness (QED) is 0.707. The molecule has 0 radical (unpaired) electrons. The molecule has 0 unspecified atom stereocenters. The molecule has 0 aliphatic rings. The van der Waals surface area contributed by atoms with Gasteiger partial charge in [-0.1, -0.05) is 42.5 Å². The minimum Gasteiger partial charge on any atom is -0.264 e. The molecule has 5 nitrogen and oxygen atoms in total. The number of benzene rings is 2. The number of hydrogen-bond acceptors (Lipinski definition) is 4. The molecule has 0 aliphatic carbocycles. The molecule has 0 bridgehead atoms. The Morgan fingerprint density at radius 3 is 2.14 bits per heavy atom. The van der Waals surface area contributed by atoms with Crippen LogP contribution in [0.1, 0.15) is 10.6 Å². The molecule has 1 heterocycles. The van der Waals surface area contributed by atoms with E-state index in [-0.39, 0.29) is 0 Å². The maximum absolute atomic E-state index is 8.74. The summed E-state index contributed by atoms with van der Waals surface area (Å²) < 4.78 is 32.9. The average molecular weight is 323 g/mol. The third kappa shape index (κ3) is 5.60. The standard InChI is InChI=1S/C14H11NS.H2O4S/c1-2-6-11(7-3-1)10-14-15-12-8-4-5-9-13(12)16-14;1-5(2,3)4/h1-9H,10H2;(H2,1,2,3,4). The maximum Gasteiger partial charge on any atom is 0.394 e. The van der Waals surface area contributed by atoms with Crippen molar-refractivity contribution < 1.29 is 17.5 Å². The van der Waals surface area contributed by atoms with Gasteiger partial charge in [-0.05, 0) is 17.7 Å². The molecule has 0 fully saturated rings. The van der Waals surface area contributed by atoms with Gasteiger partial charge < -0.3 is 0 Å². The largest absolute Gasteiger partial charge is 0.394 e. The van der Waals surface area contributed by atoms with Crippen LogP contribution in [0.4, 0.5) is 0 Å². The van der Waals surface area contributed by atoms with E-state index in [0.29, 0.717) is 0 Å². The van der Waals surface area contributed by atoms with Crippen molar-refractivity contribution in [3.8, 4) is 0 Å². The van der Waals surface area contributed by atoms with Gasteiger partial charge in [0.05, 0.1) is 15.2 Å². The van der Waals surface area contributed by atoms with Gasteiger partial charge in [0.25, 0.3) is 0 Å². The van der Waals surface area contributed by atoms with Crippen molar-refractivity contribution in [1.29, 1.82) is 0 Å². The fraction of sp³-hybridized carbons (Fsp3) is 0.0714. The molecule has 3 rings (SSSR count). The van der Waals surface area contributed by atoms with Crippen molar-refractivity contribution >= 4 is 32.0 Å². The number of nitrogens with zero attached hydrogens (tertiary/aromatic N) is 1. The summed E-state index contributed by atoms with van der Waals surface area (Å²) in [4.78, 5) is 4.63. The second-order valence-electron chi connectivity index (χ2n) is 4.19. The molecular formula is C14H13NO4S2. The third-order valence-electron chi connectivity index (χ3n) is 2.54. The lowest BCUT2D eigenvalue weighted by molar-refractivity contribution is 0.381. The van der Waals surface area contributed by atoms with E-state index >= 15 is 0 Å². The summed E-state index contributed by atoms with van der Waals surface area (Å²) in [6, 6.07) is 18.8. The zero-order valence-corrected chi connectivity index (χ0v) is 12.5. The van der Waals surface area contributed by atoms with Gasteiger partial charge in [-0.3, -0.25) is 9.11 Å². The zero-order valence-electron chi connectivity index (χ0n) is 10.9. The van der Waals surface area contributed by atoms with Crippen molar-refractivity contribution in [2.45, 2.75) is 6.42 Å². The van der Waals surface area contributed by atoms with E-state index in [9.17, 15) is 0 Å². The average Bonchev–Trinajstić information content (AvgIpc) is 2.80. The molecule has 2 aromatic carbocycles. The first kappa shape index (κ1) is 15.6. The Balaban J connectivity index is 0.000000282. The van der Waals surface area contributed by atoms with Gasteiger partial charge in [-0.15, -0.1) is 11.3 Å². The highest BCUT2D eigenvalue weighted by Gasteiger charge is 2.03. The van der Waals surface area contributed by atoms with Crippen molar-refractivity contribution in [3.63, 3.8) is 0 Å². The van der Waals surface area contributed by atoms with Crippen molar-refractivity contribution in [2.24, 2.45) is 0 Å². The molecule has 0 saturated carbocycles. The molecule has 0 saturated heterocycles. The fourth-order valence-corrected chi connectivity index (χ4v) is 2.77. The number of rotatable bonds is 2. The van der Waals surface area contributed by atoms with Crippen molar-refractivity contribution in [2.75, 3.05) is 0 Å².